The highest BCUT2D eigenvalue weighted by Gasteiger charge is 2.33. The summed E-state index contributed by atoms with van der Waals surface area (Å²) in [6.07, 6.45) is 2.75. The standard InChI is InChI=1S/C15H32/c1-11(2)9-14(7)10-15(8,12(3)4)13(5)6/h11-14H,9-10H2,1-8H3. The molecule has 0 saturated heterocycles. The highest BCUT2D eigenvalue weighted by atomic mass is 14.4. The Morgan fingerprint density at radius 2 is 1.20 bits per heavy atom. The number of hydrogen-bond donors (Lipinski definition) is 0. The molecule has 0 aromatic rings. The third-order valence-corrected chi connectivity index (χ3v) is 4.30. The summed E-state index contributed by atoms with van der Waals surface area (Å²) in [7, 11) is 0. The molecule has 0 heteroatoms. The van der Waals surface area contributed by atoms with Gasteiger partial charge in [0.15, 0.2) is 0 Å². The number of rotatable bonds is 6. The van der Waals surface area contributed by atoms with Gasteiger partial charge in [-0.2, -0.15) is 0 Å². The topological polar surface area (TPSA) is 0 Å². The van der Waals surface area contributed by atoms with E-state index in [4.69, 9.17) is 0 Å². The molecule has 0 aromatic carbocycles. The second kappa shape index (κ2) is 5.92. The van der Waals surface area contributed by atoms with Crippen molar-refractivity contribution >= 4 is 0 Å². The average molecular weight is 212 g/mol. The van der Waals surface area contributed by atoms with Crippen molar-refractivity contribution < 1.29 is 0 Å². The van der Waals surface area contributed by atoms with E-state index in [1.165, 1.54) is 12.8 Å². The summed E-state index contributed by atoms with van der Waals surface area (Å²) < 4.78 is 0. The van der Waals surface area contributed by atoms with Crippen LogP contribution < -0.4 is 0 Å². The molecule has 0 heterocycles. The molecule has 0 aromatic heterocycles. The van der Waals surface area contributed by atoms with Crippen molar-refractivity contribution in [3.05, 3.63) is 0 Å². The summed E-state index contributed by atoms with van der Waals surface area (Å²) in [6, 6.07) is 0. The van der Waals surface area contributed by atoms with Gasteiger partial charge >= 0.3 is 0 Å². The van der Waals surface area contributed by atoms with E-state index < -0.39 is 0 Å². The average Bonchev–Trinajstić information content (AvgIpc) is 2.01. The minimum atomic E-state index is 0.508. The van der Waals surface area contributed by atoms with E-state index in [0.717, 1.165) is 23.7 Å². The van der Waals surface area contributed by atoms with Crippen LogP contribution in [0.15, 0.2) is 0 Å². The first-order chi connectivity index (χ1) is 6.70. The van der Waals surface area contributed by atoms with Crippen molar-refractivity contribution in [2.75, 3.05) is 0 Å². The van der Waals surface area contributed by atoms with Crippen LogP contribution in [0.5, 0.6) is 0 Å². The highest BCUT2D eigenvalue weighted by molar-refractivity contribution is 4.82. The van der Waals surface area contributed by atoms with Gasteiger partial charge in [-0.3, -0.25) is 0 Å². The van der Waals surface area contributed by atoms with Crippen LogP contribution in [0.2, 0.25) is 0 Å². The van der Waals surface area contributed by atoms with Crippen LogP contribution in [0.25, 0.3) is 0 Å². The molecule has 0 rings (SSSR count). The van der Waals surface area contributed by atoms with Crippen LogP contribution in [0.1, 0.15) is 68.2 Å². The lowest BCUT2D eigenvalue weighted by Gasteiger charge is -2.40. The summed E-state index contributed by atoms with van der Waals surface area (Å²) in [5, 5.41) is 0. The molecule has 1 unspecified atom stereocenters. The molecule has 15 heavy (non-hydrogen) atoms. The Hall–Kier alpha value is 0. The molecule has 0 bridgehead atoms. The molecule has 0 aliphatic rings. The van der Waals surface area contributed by atoms with Crippen LogP contribution >= 0.6 is 0 Å². The van der Waals surface area contributed by atoms with Gasteiger partial charge in [0.25, 0.3) is 0 Å². The van der Waals surface area contributed by atoms with E-state index in [1.807, 2.05) is 0 Å². The maximum absolute atomic E-state index is 2.47. The van der Waals surface area contributed by atoms with Gasteiger partial charge in [-0.15, -0.1) is 0 Å². The van der Waals surface area contributed by atoms with Gasteiger partial charge < -0.3 is 0 Å². The third-order valence-electron chi connectivity index (χ3n) is 4.30. The zero-order valence-electron chi connectivity index (χ0n) is 12.2. The molecule has 0 spiro atoms. The van der Waals surface area contributed by atoms with E-state index in [2.05, 4.69) is 55.4 Å². The Bertz CT molecular complexity index is 157. The van der Waals surface area contributed by atoms with Gasteiger partial charge in [-0.1, -0.05) is 55.4 Å². The van der Waals surface area contributed by atoms with Crippen LogP contribution in [0.4, 0.5) is 0 Å². The summed E-state index contributed by atoms with van der Waals surface area (Å²) in [5.41, 5.74) is 0.508. The molecular formula is C15H32. The molecule has 0 amide bonds. The monoisotopic (exact) mass is 212 g/mol. The Balaban J connectivity index is 4.42. The quantitative estimate of drug-likeness (QED) is 0.554. The predicted molar refractivity (Wildman–Crippen MR) is 71.0 cm³/mol. The van der Waals surface area contributed by atoms with E-state index in [-0.39, 0.29) is 0 Å². The fraction of sp³-hybridized carbons (Fsp3) is 1.00. The molecule has 0 fully saturated rings. The van der Waals surface area contributed by atoms with E-state index in [1.54, 1.807) is 0 Å². The molecule has 0 saturated carbocycles. The molecule has 0 aliphatic carbocycles. The van der Waals surface area contributed by atoms with Gasteiger partial charge in [0.1, 0.15) is 0 Å². The predicted octanol–water partition coefficient (Wildman–Crippen LogP) is 5.38. The fourth-order valence-electron chi connectivity index (χ4n) is 2.78. The summed E-state index contributed by atoms with van der Waals surface area (Å²) >= 11 is 0. The van der Waals surface area contributed by atoms with Crippen LogP contribution in [-0.2, 0) is 0 Å². The summed E-state index contributed by atoms with van der Waals surface area (Å²) in [5.74, 6) is 3.27. The molecular weight excluding hydrogens is 180 g/mol. The molecule has 0 radical (unpaired) electrons. The van der Waals surface area contributed by atoms with Crippen LogP contribution in [-0.4, -0.2) is 0 Å². The Labute approximate surface area is 97.8 Å². The van der Waals surface area contributed by atoms with Gasteiger partial charge in [0.2, 0.25) is 0 Å². The van der Waals surface area contributed by atoms with Crippen LogP contribution in [0, 0.1) is 29.1 Å². The fourth-order valence-corrected chi connectivity index (χ4v) is 2.78. The second-order valence-electron chi connectivity index (χ2n) is 6.75. The SMILES string of the molecule is CC(C)CC(C)CC(C)(C(C)C)C(C)C. The Kier molecular flexibility index (Phi) is 5.92. The van der Waals surface area contributed by atoms with Crippen molar-refractivity contribution in [1.82, 2.24) is 0 Å². The van der Waals surface area contributed by atoms with Crippen molar-refractivity contribution in [3.8, 4) is 0 Å². The van der Waals surface area contributed by atoms with Gasteiger partial charge in [-0.05, 0) is 41.9 Å². The first-order valence-corrected chi connectivity index (χ1v) is 6.70. The van der Waals surface area contributed by atoms with E-state index in [9.17, 15) is 0 Å². The zero-order chi connectivity index (χ0) is 12.2. The lowest BCUT2D eigenvalue weighted by atomic mass is 9.65. The minimum absolute atomic E-state index is 0.508. The molecule has 0 nitrogen and oxygen atoms in total. The second-order valence-corrected chi connectivity index (χ2v) is 6.75. The normalized spacial score (nSPS) is 15.4. The van der Waals surface area contributed by atoms with Gasteiger partial charge in [-0.25, -0.2) is 0 Å². The molecule has 0 aliphatic heterocycles. The van der Waals surface area contributed by atoms with Crippen LogP contribution in [0.3, 0.4) is 0 Å². The summed E-state index contributed by atoms with van der Waals surface area (Å²) in [4.78, 5) is 0. The summed E-state index contributed by atoms with van der Waals surface area (Å²) in [6.45, 7) is 19.1. The van der Waals surface area contributed by atoms with Crippen molar-refractivity contribution in [1.29, 1.82) is 0 Å². The largest absolute Gasteiger partial charge is 0.0628 e. The smallest absolute Gasteiger partial charge is 0.0277 e. The molecule has 0 N–H and O–H groups in total. The van der Waals surface area contributed by atoms with E-state index >= 15 is 0 Å². The maximum atomic E-state index is 2.47. The van der Waals surface area contributed by atoms with E-state index in [0.29, 0.717) is 5.41 Å². The first kappa shape index (κ1) is 15.0. The first-order valence-electron chi connectivity index (χ1n) is 6.70. The highest BCUT2D eigenvalue weighted by Crippen LogP contribution is 2.42. The molecule has 1 atom stereocenters. The lowest BCUT2D eigenvalue weighted by Crippen LogP contribution is -2.32. The third kappa shape index (κ3) is 4.57. The van der Waals surface area contributed by atoms with Gasteiger partial charge in [0.05, 0.1) is 0 Å². The Morgan fingerprint density at radius 1 is 0.800 bits per heavy atom. The van der Waals surface area contributed by atoms with Crippen molar-refractivity contribution in [3.63, 3.8) is 0 Å². The lowest BCUT2D eigenvalue weighted by molar-refractivity contribution is 0.0951. The van der Waals surface area contributed by atoms with Crippen molar-refractivity contribution in [2.45, 2.75) is 68.2 Å². The Morgan fingerprint density at radius 3 is 1.47 bits per heavy atom. The molecule has 92 valence electrons. The zero-order valence-corrected chi connectivity index (χ0v) is 12.2. The minimum Gasteiger partial charge on any atom is -0.0628 e. The van der Waals surface area contributed by atoms with Gasteiger partial charge in [0, 0.05) is 0 Å². The number of hydrogen-bond acceptors (Lipinski definition) is 0. The maximum Gasteiger partial charge on any atom is -0.0277 e. The van der Waals surface area contributed by atoms with Crippen molar-refractivity contribution in [2.24, 2.45) is 29.1 Å².